The second-order valence-corrected chi connectivity index (χ2v) is 12.8. The number of rotatable bonds is 6. The van der Waals surface area contributed by atoms with E-state index in [1.807, 2.05) is 109 Å². The van der Waals surface area contributed by atoms with E-state index in [1.54, 1.807) is 6.20 Å². The van der Waals surface area contributed by atoms with Crippen LogP contribution in [0.25, 0.3) is 101 Å². The SMILES string of the molecule is c1ccc(-c2cccc(-c3nc(-c4ccccc4)nc(-c4ccc(-c5nc(-c6ccc7ccccc7c6)c6oc7ncccc7c6n5)cc4)n3)c2)cc1. The summed E-state index contributed by atoms with van der Waals surface area (Å²) in [6, 6.07) is 55.2. The van der Waals surface area contributed by atoms with Crippen molar-refractivity contribution in [2.45, 2.75) is 0 Å². The predicted octanol–water partition coefficient (Wildman–Crippen LogP) is 11.1. The van der Waals surface area contributed by atoms with Gasteiger partial charge in [0.1, 0.15) is 11.2 Å². The predicted molar refractivity (Wildman–Crippen MR) is 211 cm³/mol. The second kappa shape index (κ2) is 12.7. The first-order valence-electron chi connectivity index (χ1n) is 17.4. The summed E-state index contributed by atoms with van der Waals surface area (Å²) in [5, 5.41) is 3.12. The number of aromatic nitrogens is 6. The van der Waals surface area contributed by atoms with Gasteiger partial charge in [0.15, 0.2) is 28.9 Å². The first kappa shape index (κ1) is 30.4. The number of pyridine rings is 1. The molecule has 7 heteroatoms. The largest absolute Gasteiger partial charge is 0.434 e. The van der Waals surface area contributed by atoms with Crippen LogP contribution < -0.4 is 0 Å². The molecule has 0 unspecified atom stereocenters. The third-order valence-electron chi connectivity index (χ3n) is 9.41. The Hall–Kier alpha value is -7.38. The average molecular weight is 681 g/mol. The molecule has 10 aromatic rings. The molecule has 4 heterocycles. The minimum Gasteiger partial charge on any atom is -0.434 e. The summed E-state index contributed by atoms with van der Waals surface area (Å²) in [4.78, 5) is 29.5. The zero-order chi connectivity index (χ0) is 35.1. The number of fused-ring (bicyclic) bond motifs is 4. The molecule has 0 aliphatic rings. The van der Waals surface area contributed by atoms with Crippen LogP contribution in [0, 0.1) is 0 Å². The number of hydrogen-bond donors (Lipinski definition) is 0. The van der Waals surface area contributed by atoms with Crippen LogP contribution in [0.15, 0.2) is 174 Å². The van der Waals surface area contributed by atoms with Crippen LogP contribution in [0.2, 0.25) is 0 Å². The van der Waals surface area contributed by atoms with Crippen molar-refractivity contribution in [3.63, 3.8) is 0 Å². The van der Waals surface area contributed by atoms with E-state index in [0.29, 0.717) is 40.3 Å². The van der Waals surface area contributed by atoms with E-state index in [9.17, 15) is 0 Å². The highest BCUT2D eigenvalue weighted by molar-refractivity contribution is 6.06. The van der Waals surface area contributed by atoms with E-state index >= 15 is 0 Å². The van der Waals surface area contributed by atoms with Gasteiger partial charge in [0.2, 0.25) is 5.71 Å². The summed E-state index contributed by atoms with van der Waals surface area (Å²) in [6.45, 7) is 0. The van der Waals surface area contributed by atoms with Crippen molar-refractivity contribution in [1.29, 1.82) is 0 Å². The highest BCUT2D eigenvalue weighted by Gasteiger charge is 2.20. The van der Waals surface area contributed by atoms with E-state index in [-0.39, 0.29) is 0 Å². The Bertz CT molecular complexity index is 2940. The van der Waals surface area contributed by atoms with Crippen LogP contribution in [0.5, 0.6) is 0 Å². The lowest BCUT2D eigenvalue weighted by Gasteiger charge is -2.10. The number of hydrogen-bond acceptors (Lipinski definition) is 7. The van der Waals surface area contributed by atoms with Crippen LogP contribution in [0.3, 0.4) is 0 Å². The molecule has 4 aromatic heterocycles. The van der Waals surface area contributed by atoms with Crippen molar-refractivity contribution in [2.24, 2.45) is 0 Å². The summed E-state index contributed by atoms with van der Waals surface area (Å²) in [5.41, 5.74) is 9.26. The molecule has 0 aliphatic heterocycles. The van der Waals surface area contributed by atoms with Gasteiger partial charge in [0, 0.05) is 34.0 Å². The van der Waals surface area contributed by atoms with Gasteiger partial charge in [-0.3, -0.25) is 0 Å². The molecule has 10 rings (SSSR count). The van der Waals surface area contributed by atoms with Crippen molar-refractivity contribution in [3.8, 4) is 67.9 Å². The third kappa shape index (κ3) is 5.66. The molecule has 0 aliphatic carbocycles. The summed E-state index contributed by atoms with van der Waals surface area (Å²) in [7, 11) is 0. The molecule has 6 aromatic carbocycles. The molecule has 0 radical (unpaired) electrons. The van der Waals surface area contributed by atoms with Crippen molar-refractivity contribution in [2.75, 3.05) is 0 Å². The Balaban J connectivity index is 1.09. The lowest BCUT2D eigenvalue weighted by Crippen LogP contribution is -2.00. The van der Waals surface area contributed by atoms with Crippen LogP contribution in [0.1, 0.15) is 0 Å². The number of nitrogens with zero attached hydrogens (tertiary/aromatic N) is 6. The highest BCUT2D eigenvalue weighted by atomic mass is 16.3. The van der Waals surface area contributed by atoms with E-state index in [0.717, 1.165) is 60.6 Å². The maximum Gasteiger partial charge on any atom is 0.229 e. The second-order valence-electron chi connectivity index (χ2n) is 12.8. The Morgan fingerprint density at radius 2 is 0.925 bits per heavy atom. The monoisotopic (exact) mass is 680 g/mol. The van der Waals surface area contributed by atoms with Crippen LogP contribution >= 0.6 is 0 Å². The highest BCUT2D eigenvalue weighted by Crippen LogP contribution is 2.36. The summed E-state index contributed by atoms with van der Waals surface area (Å²) >= 11 is 0. The zero-order valence-electron chi connectivity index (χ0n) is 28.3. The molecule has 0 saturated heterocycles. The van der Waals surface area contributed by atoms with Gasteiger partial charge >= 0.3 is 0 Å². The minimum absolute atomic E-state index is 0.528. The molecule has 0 N–H and O–H groups in total. The van der Waals surface area contributed by atoms with Gasteiger partial charge < -0.3 is 4.42 Å². The standard InChI is InChI=1S/C46H28N6O/c1-3-11-29(12-4-1)35-17-9-18-37(28-35)45-51-43(31-14-5-2-6-15-31)50-44(52-45)33-23-21-32(22-24-33)42-48-39(36-25-20-30-13-7-8-16-34(30)27-36)41-40(49-42)38-19-10-26-47-46(38)53-41/h1-28H. The lowest BCUT2D eigenvalue weighted by atomic mass is 10.0. The van der Waals surface area contributed by atoms with Gasteiger partial charge in [0.05, 0.1) is 5.39 Å². The molecule has 0 amide bonds. The summed E-state index contributed by atoms with van der Waals surface area (Å²) in [5.74, 6) is 2.36. The fourth-order valence-electron chi connectivity index (χ4n) is 6.73. The van der Waals surface area contributed by atoms with Gasteiger partial charge in [-0.1, -0.05) is 140 Å². The van der Waals surface area contributed by atoms with Crippen LogP contribution in [-0.4, -0.2) is 29.9 Å². The van der Waals surface area contributed by atoms with Crippen molar-refractivity contribution in [1.82, 2.24) is 29.9 Å². The Kier molecular flexibility index (Phi) is 7.32. The smallest absolute Gasteiger partial charge is 0.229 e. The van der Waals surface area contributed by atoms with Crippen LogP contribution in [-0.2, 0) is 0 Å². The van der Waals surface area contributed by atoms with E-state index in [1.165, 1.54) is 0 Å². The number of furan rings is 1. The fraction of sp³-hybridized carbons (Fsp3) is 0. The van der Waals surface area contributed by atoms with E-state index < -0.39 is 0 Å². The van der Waals surface area contributed by atoms with Crippen molar-refractivity contribution in [3.05, 3.63) is 170 Å². The normalized spacial score (nSPS) is 11.4. The average Bonchev–Trinajstić information content (AvgIpc) is 3.62. The quantitative estimate of drug-likeness (QED) is 0.173. The molecule has 53 heavy (non-hydrogen) atoms. The third-order valence-corrected chi connectivity index (χ3v) is 9.41. The fourth-order valence-corrected chi connectivity index (χ4v) is 6.73. The maximum atomic E-state index is 6.29. The maximum absolute atomic E-state index is 6.29. The molecule has 248 valence electrons. The molecule has 0 bridgehead atoms. The topological polar surface area (TPSA) is 90.5 Å². The van der Waals surface area contributed by atoms with Crippen LogP contribution in [0.4, 0.5) is 0 Å². The Morgan fingerprint density at radius 1 is 0.358 bits per heavy atom. The molecule has 0 atom stereocenters. The first-order valence-corrected chi connectivity index (χ1v) is 17.4. The number of benzene rings is 6. The first-order chi connectivity index (χ1) is 26.2. The molecule has 0 saturated carbocycles. The van der Waals surface area contributed by atoms with Crippen molar-refractivity contribution < 1.29 is 4.42 Å². The summed E-state index contributed by atoms with van der Waals surface area (Å²) < 4.78 is 6.29. The van der Waals surface area contributed by atoms with Gasteiger partial charge in [-0.25, -0.2) is 29.9 Å². The summed E-state index contributed by atoms with van der Waals surface area (Å²) in [6.07, 6.45) is 1.73. The molecular formula is C46H28N6O. The van der Waals surface area contributed by atoms with Gasteiger partial charge in [-0.15, -0.1) is 0 Å². The van der Waals surface area contributed by atoms with E-state index in [2.05, 4.69) is 59.6 Å². The van der Waals surface area contributed by atoms with Gasteiger partial charge in [0.25, 0.3) is 0 Å². The lowest BCUT2D eigenvalue weighted by molar-refractivity contribution is 0.652. The van der Waals surface area contributed by atoms with Crippen molar-refractivity contribution >= 4 is 33.0 Å². The minimum atomic E-state index is 0.528. The molecule has 7 nitrogen and oxygen atoms in total. The van der Waals surface area contributed by atoms with Gasteiger partial charge in [-0.2, -0.15) is 0 Å². The molecule has 0 spiro atoms. The molecule has 0 fully saturated rings. The molecular weight excluding hydrogens is 653 g/mol. The van der Waals surface area contributed by atoms with E-state index in [4.69, 9.17) is 29.3 Å². The Morgan fingerprint density at radius 3 is 1.66 bits per heavy atom. The van der Waals surface area contributed by atoms with Gasteiger partial charge in [-0.05, 0) is 46.2 Å². The zero-order valence-corrected chi connectivity index (χ0v) is 28.3. The Labute approximate surface area is 304 Å².